The lowest BCUT2D eigenvalue weighted by molar-refractivity contribution is -0.384. The number of nitro benzene ring substituents is 1. The molecule has 29 heavy (non-hydrogen) atoms. The quantitative estimate of drug-likeness (QED) is 0.562. The van der Waals surface area contributed by atoms with Gasteiger partial charge in [0.15, 0.2) is 0 Å². The molecule has 0 atom stereocenters. The molecular formula is C21H23F2N3O3. The van der Waals surface area contributed by atoms with Gasteiger partial charge in [-0.1, -0.05) is 6.07 Å². The predicted molar refractivity (Wildman–Crippen MR) is 104 cm³/mol. The van der Waals surface area contributed by atoms with Crippen LogP contribution >= 0.6 is 0 Å². The third-order valence-corrected chi connectivity index (χ3v) is 5.19. The van der Waals surface area contributed by atoms with Gasteiger partial charge in [-0.3, -0.25) is 19.8 Å². The summed E-state index contributed by atoms with van der Waals surface area (Å²) in [6, 6.07) is 9.25. The van der Waals surface area contributed by atoms with Crippen molar-refractivity contribution in [3.8, 4) is 0 Å². The van der Waals surface area contributed by atoms with Gasteiger partial charge < -0.3 is 5.32 Å². The van der Waals surface area contributed by atoms with Gasteiger partial charge in [0.25, 0.3) is 11.6 Å². The Morgan fingerprint density at radius 2 is 1.83 bits per heavy atom. The highest BCUT2D eigenvalue weighted by molar-refractivity contribution is 5.94. The lowest BCUT2D eigenvalue weighted by Gasteiger charge is -2.32. The fraction of sp³-hybridized carbons (Fsp3) is 0.381. The van der Waals surface area contributed by atoms with E-state index in [4.69, 9.17) is 0 Å². The van der Waals surface area contributed by atoms with Gasteiger partial charge in [0, 0.05) is 36.9 Å². The average molecular weight is 403 g/mol. The van der Waals surface area contributed by atoms with E-state index in [0.717, 1.165) is 38.4 Å². The van der Waals surface area contributed by atoms with Gasteiger partial charge in [-0.15, -0.1) is 0 Å². The largest absolute Gasteiger partial charge is 0.352 e. The number of rotatable bonds is 7. The van der Waals surface area contributed by atoms with Gasteiger partial charge >= 0.3 is 0 Å². The number of nitrogens with one attached hydrogen (secondary N) is 1. The standard InChI is InChI=1S/C21H23F2N3O3/c22-18-10-16(11-19(23)13-18)14-25-8-5-15(6-9-25)4-7-24-21(27)17-2-1-3-20(12-17)26(28)29/h1-3,10-13,15H,4-9,14H2,(H,24,27). The van der Waals surface area contributed by atoms with Crippen LogP contribution in [0, 0.1) is 27.7 Å². The van der Waals surface area contributed by atoms with E-state index in [1.807, 2.05) is 0 Å². The Morgan fingerprint density at radius 3 is 2.48 bits per heavy atom. The molecule has 0 aliphatic carbocycles. The van der Waals surface area contributed by atoms with E-state index < -0.39 is 16.6 Å². The number of likely N-dealkylation sites (tertiary alicyclic amines) is 1. The van der Waals surface area contributed by atoms with Crippen molar-refractivity contribution in [1.82, 2.24) is 10.2 Å². The van der Waals surface area contributed by atoms with Crippen LogP contribution in [0.4, 0.5) is 14.5 Å². The second kappa shape index (κ2) is 9.56. The molecule has 2 aromatic carbocycles. The van der Waals surface area contributed by atoms with Gasteiger partial charge in [-0.05, 0) is 62.0 Å². The summed E-state index contributed by atoms with van der Waals surface area (Å²) >= 11 is 0. The molecule has 154 valence electrons. The van der Waals surface area contributed by atoms with Crippen molar-refractivity contribution in [3.63, 3.8) is 0 Å². The van der Waals surface area contributed by atoms with Crippen LogP contribution in [0.1, 0.15) is 35.2 Å². The molecule has 6 nitrogen and oxygen atoms in total. The van der Waals surface area contributed by atoms with E-state index in [0.29, 0.717) is 24.6 Å². The zero-order valence-electron chi connectivity index (χ0n) is 15.9. The lowest BCUT2D eigenvalue weighted by Crippen LogP contribution is -2.35. The number of nitrogens with zero attached hydrogens (tertiary/aromatic N) is 2. The summed E-state index contributed by atoms with van der Waals surface area (Å²) in [6.45, 7) is 2.69. The van der Waals surface area contributed by atoms with Gasteiger partial charge in [0.1, 0.15) is 11.6 Å². The molecule has 0 radical (unpaired) electrons. The van der Waals surface area contributed by atoms with Crippen LogP contribution in [0.3, 0.4) is 0 Å². The molecule has 0 spiro atoms. The summed E-state index contributed by atoms with van der Waals surface area (Å²) in [6.07, 6.45) is 2.72. The number of non-ortho nitro benzene ring substituents is 1. The highest BCUT2D eigenvalue weighted by Crippen LogP contribution is 2.22. The number of benzene rings is 2. The lowest BCUT2D eigenvalue weighted by atomic mass is 9.93. The topological polar surface area (TPSA) is 75.5 Å². The van der Waals surface area contributed by atoms with Crippen molar-refractivity contribution < 1.29 is 18.5 Å². The molecule has 1 amide bonds. The van der Waals surface area contributed by atoms with Gasteiger partial charge in [-0.2, -0.15) is 0 Å². The number of nitro groups is 1. The number of carbonyl (C=O) groups excluding carboxylic acids is 1. The SMILES string of the molecule is O=C(NCCC1CCN(Cc2cc(F)cc(F)c2)CC1)c1cccc([N+](=O)[O-])c1. The highest BCUT2D eigenvalue weighted by Gasteiger charge is 2.20. The van der Waals surface area contributed by atoms with Crippen molar-refractivity contribution in [3.05, 3.63) is 75.3 Å². The summed E-state index contributed by atoms with van der Waals surface area (Å²) in [5, 5.41) is 13.6. The monoisotopic (exact) mass is 403 g/mol. The van der Waals surface area contributed by atoms with Crippen molar-refractivity contribution in [2.24, 2.45) is 5.92 Å². The Kier molecular flexibility index (Phi) is 6.87. The molecular weight excluding hydrogens is 380 g/mol. The minimum Gasteiger partial charge on any atom is -0.352 e. The minimum atomic E-state index is -0.561. The maximum atomic E-state index is 13.3. The fourth-order valence-corrected chi connectivity index (χ4v) is 3.65. The zero-order chi connectivity index (χ0) is 20.8. The first-order valence-electron chi connectivity index (χ1n) is 9.60. The second-order valence-electron chi connectivity index (χ2n) is 7.35. The molecule has 0 saturated carbocycles. The maximum Gasteiger partial charge on any atom is 0.270 e. The molecule has 1 fully saturated rings. The van der Waals surface area contributed by atoms with Crippen LogP contribution in [0.2, 0.25) is 0 Å². The number of carbonyl (C=O) groups is 1. The van der Waals surface area contributed by atoms with Crippen LogP contribution in [-0.4, -0.2) is 35.4 Å². The highest BCUT2D eigenvalue weighted by atomic mass is 19.1. The third kappa shape index (κ3) is 6.05. The Morgan fingerprint density at radius 1 is 1.14 bits per heavy atom. The molecule has 8 heteroatoms. The Labute approximate surface area is 167 Å². The summed E-state index contributed by atoms with van der Waals surface area (Å²) in [5.41, 5.74) is 0.796. The van der Waals surface area contributed by atoms with Crippen molar-refractivity contribution in [1.29, 1.82) is 0 Å². The molecule has 1 saturated heterocycles. The molecule has 0 aromatic heterocycles. The van der Waals surface area contributed by atoms with Crippen LogP contribution in [0.25, 0.3) is 0 Å². The summed E-state index contributed by atoms with van der Waals surface area (Å²) in [7, 11) is 0. The number of hydrogen-bond donors (Lipinski definition) is 1. The van der Waals surface area contributed by atoms with Crippen LogP contribution in [0.15, 0.2) is 42.5 Å². The van der Waals surface area contributed by atoms with Crippen molar-refractivity contribution >= 4 is 11.6 Å². The maximum absolute atomic E-state index is 13.3. The van der Waals surface area contributed by atoms with Gasteiger partial charge in [-0.25, -0.2) is 8.78 Å². The number of halogens is 2. The van der Waals surface area contributed by atoms with E-state index in [1.165, 1.54) is 30.3 Å². The molecule has 1 aliphatic heterocycles. The first kappa shape index (κ1) is 20.9. The Hall–Kier alpha value is -2.87. The molecule has 1 N–H and O–H groups in total. The average Bonchev–Trinajstić information content (AvgIpc) is 2.68. The van der Waals surface area contributed by atoms with E-state index in [2.05, 4.69) is 10.2 Å². The molecule has 0 bridgehead atoms. The molecule has 1 heterocycles. The predicted octanol–water partition coefficient (Wildman–Crippen LogP) is 3.91. The van der Waals surface area contributed by atoms with Crippen LogP contribution in [-0.2, 0) is 6.54 Å². The van der Waals surface area contributed by atoms with Gasteiger partial charge in [0.2, 0.25) is 0 Å². The van der Waals surface area contributed by atoms with Gasteiger partial charge in [0.05, 0.1) is 4.92 Å². The Balaban J connectivity index is 1.40. The van der Waals surface area contributed by atoms with Crippen LogP contribution < -0.4 is 5.32 Å². The molecule has 3 rings (SSSR count). The van der Waals surface area contributed by atoms with Crippen molar-refractivity contribution in [2.45, 2.75) is 25.8 Å². The molecule has 2 aromatic rings. The summed E-state index contributed by atoms with van der Waals surface area (Å²) in [4.78, 5) is 24.6. The van der Waals surface area contributed by atoms with E-state index in [-0.39, 0.29) is 17.2 Å². The first-order valence-corrected chi connectivity index (χ1v) is 9.60. The van der Waals surface area contributed by atoms with E-state index in [1.54, 1.807) is 6.07 Å². The summed E-state index contributed by atoms with van der Waals surface area (Å²) < 4.78 is 26.6. The van der Waals surface area contributed by atoms with Crippen LogP contribution in [0.5, 0.6) is 0 Å². The summed E-state index contributed by atoms with van der Waals surface area (Å²) in [5.74, 6) is -0.982. The first-order chi connectivity index (χ1) is 13.9. The normalized spacial score (nSPS) is 15.2. The fourth-order valence-electron chi connectivity index (χ4n) is 3.65. The van der Waals surface area contributed by atoms with Crippen molar-refractivity contribution in [2.75, 3.05) is 19.6 Å². The zero-order valence-corrected chi connectivity index (χ0v) is 15.9. The smallest absolute Gasteiger partial charge is 0.270 e. The Bertz CT molecular complexity index is 863. The number of hydrogen-bond acceptors (Lipinski definition) is 4. The number of piperidine rings is 1. The van der Waals surface area contributed by atoms with E-state index >= 15 is 0 Å². The second-order valence-corrected chi connectivity index (χ2v) is 7.35. The molecule has 1 aliphatic rings. The minimum absolute atomic E-state index is 0.108. The molecule has 0 unspecified atom stereocenters. The number of amides is 1. The van der Waals surface area contributed by atoms with E-state index in [9.17, 15) is 23.7 Å². The third-order valence-electron chi connectivity index (χ3n) is 5.19.